The Labute approximate surface area is 508 Å². The average molecular weight is 1220 g/mol. The molecule has 24 heteroatoms. The number of likely N-dealkylation sites (tertiary alicyclic amines) is 1. The highest BCUT2D eigenvalue weighted by atomic mass is 19.4. The number of rotatable bonds is 14. The van der Waals surface area contributed by atoms with Gasteiger partial charge in [-0.2, -0.15) is 13.2 Å². The van der Waals surface area contributed by atoms with Crippen molar-refractivity contribution < 1.29 is 56.1 Å². The lowest BCUT2D eigenvalue weighted by Crippen LogP contribution is -2.73. The number of halogens is 3. The molecule has 3 aromatic rings. The van der Waals surface area contributed by atoms with Crippen LogP contribution in [0.2, 0.25) is 0 Å². The number of ether oxygens (including phenoxy) is 4. The van der Waals surface area contributed by atoms with Crippen molar-refractivity contribution in [2.45, 2.75) is 153 Å². The first kappa shape index (κ1) is 61.6. The van der Waals surface area contributed by atoms with Crippen molar-refractivity contribution in [3.63, 3.8) is 0 Å². The number of carbonyl (C=O) groups excluding carboxylic acids is 5. The van der Waals surface area contributed by atoms with Crippen LogP contribution in [-0.2, 0) is 55.9 Å². The Kier molecular flexibility index (Phi) is 17.2. The third-order valence-electron chi connectivity index (χ3n) is 19.7. The molecule has 8 atom stereocenters. The lowest BCUT2D eigenvalue weighted by molar-refractivity contribution is -0.197. The van der Waals surface area contributed by atoms with Crippen molar-refractivity contribution in [1.29, 1.82) is 0 Å². The molecule has 8 fully saturated rings. The number of piperazine rings is 1. The molecule has 9 aliphatic rings. The van der Waals surface area contributed by atoms with Crippen LogP contribution in [0.5, 0.6) is 0 Å². The van der Waals surface area contributed by atoms with Gasteiger partial charge in [0.15, 0.2) is 0 Å². The number of hydrogen-bond donors (Lipinski definition) is 2. The number of morpholine rings is 2. The van der Waals surface area contributed by atoms with E-state index >= 15 is 22.8 Å². The Morgan fingerprint density at radius 2 is 1.68 bits per heavy atom. The van der Waals surface area contributed by atoms with Gasteiger partial charge in [-0.05, 0) is 93.5 Å². The third kappa shape index (κ3) is 13.1. The number of carbonyl (C=O) groups is 5. The number of benzene rings is 1. The number of anilines is 2. The van der Waals surface area contributed by atoms with Crippen LogP contribution in [0.1, 0.15) is 96.9 Å². The molecular formula is C63H89F3N12O9. The number of nitrogens with one attached hydrogen (secondary N) is 2. The average Bonchev–Trinajstić information content (AvgIpc) is 1.61. The summed E-state index contributed by atoms with van der Waals surface area (Å²) in [5, 5.41) is 5.24. The summed E-state index contributed by atoms with van der Waals surface area (Å²) in [5.74, 6) is -1.14. The predicted octanol–water partition coefficient (Wildman–Crippen LogP) is 4.45. The zero-order valence-corrected chi connectivity index (χ0v) is 51.9. The van der Waals surface area contributed by atoms with Gasteiger partial charge >= 0.3 is 12.1 Å². The van der Waals surface area contributed by atoms with Crippen molar-refractivity contribution in [2.24, 2.45) is 17.3 Å². The summed E-state index contributed by atoms with van der Waals surface area (Å²) in [7, 11) is 5.02. The van der Waals surface area contributed by atoms with Crippen LogP contribution in [0, 0.1) is 17.3 Å². The lowest BCUT2D eigenvalue weighted by atomic mass is 9.84. The van der Waals surface area contributed by atoms with Crippen molar-refractivity contribution in [2.75, 3.05) is 129 Å². The van der Waals surface area contributed by atoms with Gasteiger partial charge in [0, 0.05) is 126 Å². The van der Waals surface area contributed by atoms with Gasteiger partial charge in [-0.15, -0.1) is 0 Å². The summed E-state index contributed by atoms with van der Waals surface area (Å²) >= 11 is 0. The van der Waals surface area contributed by atoms with E-state index in [1.807, 2.05) is 68.8 Å². The molecule has 2 N–H and O–H groups in total. The van der Waals surface area contributed by atoms with Gasteiger partial charge < -0.3 is 48.4 Å². The summed E-state index contributed by atoms with van der Waals surface area (Å²) in [6, 6.07) is 5.27. The molecule has 0 radical (unpaired) electrons. The highest BCUT2D eigenvalue weighted by Crippen LogP contribution is 2.49. The monoisotopic (exact) mass is 1210 g/mol. The highest BCUT2D eigenvalue weighted by molar-refractivity contribution is 5.95. The van der Waals surface area contributed by atoms with E-state index in [1.165, 1.54) is 22.4 Å². The van der Waals surface area contributed by atoms with E-state index in [-0.39, 0.29) is 74.9 Å². The number of alkyl halides is 3. The molecular weight excluding hydrogens is 1130 g/mol. The lowest BCUT2D eigenvalue weighted by Gasteiger charge is -2.55. The Balaban J connectivity index is 0.837. The van der Waals surface area contributed by atoms with Gasteiger partial charge in [0.05, 0.1) is 81.0 Å². The van der Waals surface area contributed by atoms with Gasteiger partial charge in [0.25, 0.3) is 5.91 Å². The molecule has 6 bridgehead atoms. The van der Waals surface area contributed by atoms with Crippen LogP contribution >= 0.6 is 0 Å². The maximum absolute atomic E-state index is 15.3. The molecule has 1 spiro atoms. The molecule has 87 heavy (non-hydrogen) atoms. The van der Waals surface area contributed by atoms with Crippen molar-refractivity contribution in [1.82, 2.24) is 49.8 Å². The standard InChI is InChI=1S/C63H89F3N12O9/c1-38(2)53(74-23-25-87-62(33-74)34-75(35-62)59(82)56-54(40-11-12-40)76(56)32-51(79)70(6)7)57(80)68-49-28-44-31-73(22-24-85-44)42-15-16-50-45(26-42)47(29-61(4,5)37-86-60(83)48-10-9-17-78(69-48)58(49)81)55(77(50)36-63(64,65)66)46-27-43(30-67-52(46)39(3)84-8)72-20-18-71(19-21-72)41-13-14-41/h15-16,26-27,30,38-41,44,48-49,53-54,56,69H,9-14,17-25,28-29,31-37H2,1-8H3,(H,68,80)/t39-,44-,48-,49-,53-,54+,56+,76?/m0/s1. The molecule has 6 saturated heterocycles. The van der Waals surface area contributed by atoms with E-state index in [4.69, 9.17) is 23.9 Å². The minimum Gasteiger partial charge on any atom is -0.464 e. The van der Waals surface area contributed by atoms with Crippen LogP contribution in [0.4, 0.5) is 24.5 Å². The number of esters is 1. The molecule has 21 nitrogen and oxygen atoms in total. The zero-order chi connectivity index (χ0) is 61.4. The molecule has 2 aliphatic carbocycles. The molecule has 1 aromatic carbocycles. The maximum Gasteiger partial charge on any atom is 0.406 e. The maximum atomic E-state index is 15.3. The topological polar surface area (TPSA) is 190 Å². The smallest absolute Gasteiger partial charge is 0.406 e. The Hall–Kier alpha value is -5.63. The molecule has 2 aromatic heterocycles. The number of hydrogen-bond acceptors (Lipinski definition) is 16. The van der Waals surface area contributed by atoms with Crippen LogP contribution in [-0.4, -0.2) is 242 Å². The number of methoxy groups -OCH3 is 1. The van der Waals surface area contributed by atoms with Gasteiger partial charge in [-0.1, -0.05) is 27.7 Å². The summed E-state index contributed by atoms with van der Waals surface area (Å²) in [6.07, 6.45) is 1.73. The van der Waals surface area contributed by atoms with Crippen LogP contribution < -0.4 is 20.5 Å². The SMILES string of the molecule is CO[C@@H](C)c1ncc(N2CCN(C3CC3)CC2)cc1-c1c2c3cc(ccc3n1CC(F)(F)F)N1CCO[C@@H](C[C@H](NC(=O)[C@H](C(C)C)N3CCOC4(CN(C(=O)[C@H]5[C@@H](C6CC6)N5CC(=O)N(C)C)C4)C3)C(=O)N3CCC[C@H](N3)C(=O)OCC(C)(C)C2)C1. The van der Waals surface area contributed by atoms with Gasteiger partial charge in [0.1, 0.15) is 30.3 Å². The molecule has 9 heterocycles. The number of cyclic esters (lactones) is 1. The Bertz CT molecular complexity index is 3080. The molecule has 2 saturated carbocycles. The minimum absolute atomic E-state index is 0.00944. The fraction of sp³-hybridized carbons (Fsp3) is 0.714. The van der Waals surface area contributed by atoms with E-state index in [9.17, 15) is 14.4 Å². The second kappa shape index (κ2) is 24.3. The largest absolute Gasteiger partial charge is 0.464 e. The van der Waals surface area contributed by atoms with Crippen LogP contribution in [0.25, 0.3) is 22.2 Å². The van der Waals surface area contributed by atoms with E-state index < -0.39 is 65.9 Å². The van der Waals surface area contributed by atoms with Gasteiger partial charge in [-0.25, -0.2) is 5.43 Å². The van der Waals surface area contributed by atoms with E-state index in [0.29, 0.717) is 104 Å². The van der Waals surface area contributed by atoms with Crippen LogP contribution in [0.3, 0.4) is 0 Å². The first-order valence-corrected chi connectivity index (χ1v) is 31.8. The molecule has 12 rings (SSSR count). The molecule has 1 unspecified atom stereocenters. The summed E-state index contributed by atoms with van der Waals surface area (Å²) < 4.78 is 72.2. The second-order valence-electron chi connectivity index (χ2n) is 27.6. The summed E-state index contributed by atoms with van der Waals surface area (Å²) in [6.45, 7) is 15.1. The fourth-order valence-electron chi connectivity index (χ4n) is 14.8. The normalized spacial score (nSPS) is 28.0. The molecule has 7 aliphatic heterocycles. The summed E-state index contributed by atoms with van der Waals surface area (Å²) in [4.78, 5) is 90.7. The minimum atomic E-state index is -4.61. The fourth-order valence-corrected chi connectivity index (χ4v) is 14.8. The number of nitrogens with zero attached hydrogens (tertiary/aromatic N) is 10. The van der Waals surface area contributed by atoms with Gasteiger partial charge in [-0.3, -0.25) is 48.7 Å². The number of fused-ring (bicyclic) bond motifs is 6. The molecule has 4 amide bonds. The summed E-state index contributed by atoms with van der Waals surface area (Å²) in [5.41, 5.74) is 5.73. The third-order valence-corrected chi connectivity index (χ3v) is 19.7. The van der Waals surface area contributed by atoms with Crippen molar-refractivity contribution >= 4 is 51.9 Å². The number of hydrazine groups is 1. The first-order chi connectivity index (χ1) is 41.5. The van der Waals surface area contributed by atoms with E-state index in [0.717, 1.165) is 50.4 Å². The quantitative estimate of drug-likeness (QED) is 0.170. The number of amides is 4. The van der Waals surface area contributed by atoms with E-state index in [1.54, 1.807) is 32.2 Å². The zero-order valence-electron chi connectivity index (χ0n) is 51.9. The number of likely N-dealkylation sites (N-methyl/N-ethyl adjacent to an activating group) is 1. The highest BCUT2D eigenvalue weighted by Gasteiger charge is 2.63. The molecule has 476 valence electrons. The second-order valence-corrected chi connectivity index (χ2v) is 27.6. The number of aromatic nitrogens is 2. The van der Waals surface area contributed by atoms with Gasteiger partial charge in [0.2, 0.25) is 17.7 Å². The predicted molar refractivity (Wildman–Crippen MR) is 319 cm³/mol. The van der Waals surface area contributed by atoms with Crippen molar-refractivity contribution in [3.05, 3.63) is 41.7 Å². The van der Waals surface area contributed by atoms with Crippen LogP contribution in [0.15, 0.2) is 30.5 Å². The Morgan fingerprint density at radius 1 is 0.920 bits per heavy atom. The number of pyridine rings is 1. The van der Waals surface area contributed by atoms with E-state index in [2.05, 4.69) is 30.3 Å². The Morgan fingerprint density at radius 3 is 2.37 bits per heavy atom. The first-order valence-electron chi connectivity index (χ1n) is 31.8. The van der Waals surface area contributed by atoms with Crippen molar-refractivity contribution in [3.8, 4) is 11.3 Å².